The van der Waals surface area contributed by atoms with Crippen LogP contribution in [0.4, 0.5) is 0 Å². The molecule has 1 saturated carbocycles. The van der Waals surface area contributed by atoms with E-state index in [-0.39, 0.29) is 0 Å². The molecule has 1 aromatic heterocycles. The Morgan fingerprint density at radius 1 is 1.29 bits per heavy atom. The Morgan fingerprint density at radius 2 is 2.12 bits per heavy atom. The van der Waals surface area contributed by atoms with E-state index in [4.69, 9.17) is 10.5 Å². The van der Waals surface area contributed by atoms with Crippen LogP contribution in [0, 0.1) is 11.8 Å². The van der Waals surface area contributed by atoms with Crippen LogP contribution in [-0.4, -0.2) is 12.6 Å². The van der Waals surface area contributed by atoms with Crippen molar-refractivity contribution in [1.82, 2.24) is 0 Å². The van der Waals surface area contributed by atoms with Crippen molar-refractivity contribution in [3.05, 3.63) is 21.9 Å². The first-order valence-corrected chi connectivity index (χ1v) is 7.09. The monoisotopic (exact) mass is 249 g/mol. The Morgan fingerprint density at radius 3 is 2.88 bits per heavy atom. The fourth-order valence-electron chi connectivity index (χ4n) is 2.09. The maximum Gasteiger partial charge on any atom is 0.0813 e. The quantitative estimate of drug-likeness (QED) is 0.836. The Balaban J connectivity index is 1.80. The topological polar surface area (TPSA) is 35.2 Å². The first-order valence-electron chi connectivity index (χ1n) is 6.28. The minimum absolute atomic E-state index is 0.422. The van der Waals surface area contributed by atoms with Crippen LogP contribution in [0.3, 0.4) is 0 Å². The van der Waals surface area contributed by atoms with Gasteiger partial charge in [-0.05, 0) is 25.0 Å². The molecule has 0 aliphatic heterocycles. The molecule has 1 fully saturated rings. The number of ether oxygens (including phenoxy) is 1. The molecule has 1 aromatic rings. The van der Waals surface area contributed by atoms with Crippen molar-refractivity contribution in [1.29, 1.82) is 0 Å². The summed E-state index contributed by atoms with van der Waals surface area (Å²) >= 11 is 1.71. The van der Waals surface area contributed by atoms with Gasteiger partial charge in [0.1, 0.15) is 0 Å². The van der Waals surface area contributed by atoms with Crippen LogP contribution in [0.2, 0.25) is 0 Å². The molecule has 0 unspecified atom stereocenters. The van der Waals surface area contributed by atoms with E-state index >= 15 is 0 Å². The second-order valence-electron chi connectivity index (χ2n) is 4.34. The summed E-state index contributed by atoms with van der Waals surface area (Å²) in [5.74, 6) is 5.92. The van der Waals surface area contributed by atoms with Gasteiger partial charge in [-0.15, -0.1) is 11.3 Å². The molecule has 0 aromatic carbocycles. The third kappa shape index (κ3) is 4.16. The minimum atomic E-state index is 0.422. The maximum atomic E-state index is 5.92. The van der Waals surface area contributed by atoms with Gasteiger partial charge in [0, 0.05) is 4.88 Å². The van der Waals surface area contributed by atoms with E-state index in [0.717, 1.165) is 11.5 Å². The van der Waals surface area contributed by atoms with Crippen LogP contribution >= 0.6 is 11.3 Å². The zero-order valence-electron chi connectivity index (χ0n) is 10.1. The second-order valence-corrected chi connectivity index (χ2v) is 5.51. The van der Waals surface area contributed by atoms with Crippen molar-refractivity contribution in [2.24, 2.45) is 5.73 Å². The lowest BCUT2D eigenvalue weighted by atomic mass is 9.98. The highest BCUT2D eigenvalue weighted by atomic mass is 32.1. The van der Waals surface area contributed by atoms with Crippen LogP contribution in [0.15, 0.2) is 12.1 Å². The van der Waals surface area contributed by atoms with Gasteiger partial charge in [-0.25, -0.2) is 0 Å². The van der Waals surface area contributed by atoms with Gasteiger partial charge in [-0.2, -0.15) is 0 Å². The predicted molar refractivity (Wildman–Crippen MR) is 71.9 cm³/mol. The molecule has 1 heterocycles. The average molecular weight is 249 g/mol. The van der Waals surface area contributed by atoms with Gasteiger partial charge in [-0.3, -0.25) is 0 Å². The number of thiophene rings is 1. The van der Waals surface area contributed by atoms with Gasteiger partial charge in [0.25, 0.3) is 0 Å². The Hall–Kier alpha value is -0.820. The molecule has 1 aliphatic rings. The van der Waals surface area contributed by atoms with Gasteiger partial charge >= 0.3 is 0 Å². The molecule has 0 spiro atoms. The summed E-state index contributed by atoms with van der Waals surface area (Å²) in [5, 5.41) is 0. The maximum absolute atomic E-state index is 5.92. The lowest BCUT2D eigenvalue weighted by Crippen LogP contribution is -2.15. The minimum Gasteiger partial charge on any atom is -0.373 e. The van der Waals surface area contributed by atoms with Gasteiger partial charge in [0.2, 0.25) is 0 Å². The highest BCUT2D eigenvalue weighted by Gasteiger charge is 2.13. The molecule has 17 heavy (non-hydrogen) atoms. The first-order chi connectivity index (χ1) is 8.38. The summed E-state index contributed by atoms with van der Waals surface area (Å²) in [6.07, 6.45) is 6.95. The zero-order valence-corrected chi connectivity index (χ0v) is 10.9. The molecular formula is C14H19NOS. The lowest BCUT2D eigenvalue weighted by Gasteiger charge is -2.21. The van der Waals surface area contributed by atoms with Gasteiger partial charge < -0.3 is 10.5 Å². The molecule has 0 bridgehead atoms. The predicted octanol–water partition coefficient (Wildman–Crippen LogP) is 2.91. The summed E-state index contributed by atoms with van der Waals surface area (Å²) in [5.41, 5.74) is 5.35. The summed E-state index contributed by atoms with van der Waals surface area (Å²) in [6, 6.07) is 4.15. The Kier molecular flexibility index (Phi) is 5.06. The van der Waals surface area contributed by atoms with Crippen LogP contribution in [0.5, 0.6) is 0 Å². The highest BCUT2D eigenvalue weighted by Crippen LogP contribution is 2.23. The molecule has 0 radical (unpaired) electrons. The van der Waals surface area contributed by atoms with Crippen LogP contribution in [0.25, 0.3) is 0 Å². The van der Waals surface area contributed by atoms with Crippen molar-refractivity contribution >= 4 is 11.3 Å². The number of hydrogen-bond acceptors (Lipinski definition) is 3. The first kappa shape index (κ1) is 12.6. The lowest BCUT2D eigenvalue weighted by molar-refractivity contribution is 0.0182. The molecular weight excluding hydrogens is 230 g/mol. The van der Waals surface area contributed by atoms with Gasteiger partial charge in [-0.1, -0.05) is 31.1 Å². The summed E-state index contributed by atoms with van der Waals surface area (Å²) < 4.78 is 5.92. The van der Waals surface area contributed by atoms with Crippen molar-refractivity contribution in [3.63, 3.8) is 0 Å². The van der Waals surface area contributed by atoms with Crippen molar-refractivity contribution in [2.75, 3.05) is 6.54 Å². The van der Waals surface area contributed by atoms with E-state index in [1.54, 1.807) is 11.3 Å². The summed E-state index contributed by atoms with van der Waals surface area (Å²) in [7, 11) is 0. The zero-order chi connectivity index (χ0) is 11.9. The fourth-order valence-corrected chi connectivity index (χ4v) is 2.90. The van der Waals surface area contributed by atoms with Crippen molar-refractivity contribution < 1.29 is 4.74 Å². The molecule has 0 atom stereocenters. The summed E-state index contributed by atoms with van der Waals surface area (Å²) in [6.45, 7) is 1.16. The highest BCUT2D eigenvalue weighted by molar-refractivity contribution is 7.12. The molecule has 3 heteroatoms. The van der Waals surface area contributed by atoms with E-state index < -0.39 is 0 Å². The fraction of sp³-hybridized carbons (Fsp3) is 0.571. The van der Waals surface area contributed by atoms with Crippen molar-refractivity contribution in [2.45, 2.75) is 44.8 Å². The van der Waals surface area contributed by atoms with E-state index in [1.807, 2.05) is 6.07 Å². The molecule has 0 amide bonds. The molecule has 1 aliphatic carbocycles. The number of hydrogen-bond donors (Lipinski definition) is 1. The average Bonchev–Trinajstić information content (AvgIpc) is 2.83. The van der Waals surface area contributed by atoms with E-state index in [0.29, 0.717) is 12.6 Å². The van der Waals surface area contributed by atoms with Gasteiger partial charge in [0.15, 0.2) is 0 Å². The SMILES string of the molecule is NCC#Cc1ccc(COC2CCCCC2)s1. The van der Waals surface area contributed by atoms with E-state index in [2.05, 4.69) is 17.9 Å². The largest absolute Gasteiger partial charge is 0.373 e. The molecule has 2 N–H and O–H groups in total. The second kappa shape index (κ2) is 6.80. The van der Waals surface area contributed by atoms with E-state index in [1.165, 1.54) is 37.0 Å². The third-order valence-electron chi connectivity index (χ3n) is 2.99. The standard InChI is InChI=1S/C14H19NOS/c15-10-4-7-13-8-9-14(17-13)11-16-12-5-2-1-3-6-12/h8-9,12H,1-3,5-6,10-11,15H2. The Bertz CT molecular complexity index is 396. The smallest absolute Gasteiger partial charge is 0.0813 e. The van der Waals surface area contributed by atoms with Gasteiger partial charge in [0.05, 0.1) is 24.1 Å². The molecule has 2 rings (SSSR count). The molecule has 92 valence electrons. The third-order valence-corrected chi connectivity index (χ3v) is 3.96. The van der Waals surface area contributed by atoms with Crippen LogP contribution < -0.4 is 5.73 Å². The summed E-state index contributed by atoms with van der Waals surface area (Å²) in [4.78, 5) is 2.34. The Labute approximate surface area is 107 Å². The normalized spacial score (nSPS) is 16.5. The number of rotatable bonds is 3. The van der Waals surface area contributed by atoms with Crippen molar-refractivity contribution in [3.8, 4) is 11.8 Å². The van der Waals surface area contributed by atoms with E-state index in [9.17, 15) is 0 Å². The van der Waals surface area contributed by atoms with Crippen LogP contribution in [0.1, 0.15) is 41.9 Å². The molecule has 2 nitrogen and oxygen atoms in total. The molecule has 0 saturated heterocycles. The number of nitrogens with two attached hydrogens (primary N) is 1. The van der Waals surface area contributed by atoms with Crippen LogP contribution in [-0.2, 0) is 11.3 Å².